The summed E-state index contributed by atoms with van der Waals surface area (Å²) in [5, 5.41) is 5.50. The van der Waals surface area contributed by atoms with Crippen molar-refractivity contribution in [2.45, 2.75) is 6.92 Å². The maximum Gasteiger partial charge on any atom is 0.255 e. The van der Waals surface area contributed by atoms with Crippen molar-refractivity contribution in [2.75, 3.05) is 36.7 Å². The van der Waals surface area contributed by atoms with Crippen LogP contribution in [0.3, 0.4) is 0 Å². The molecule has 0 radical (unpaired) electrons. The molecule has 0 aliphatic carbocycles. The number of methoxy groups -OCH3 is 1. The summed E-state index contributed by atoms with van der Waals surface area (Å²) in [4.78, 5) is 25.6. The van der Waals surface area contributed by atoms with Gasteiger partial charge >= 0.3 is 0 Å². The minimum atomic E-state index is -0.224. The second-order valence-electron chi connectivity index (χ2n) is 5.50. The fourth-order valence-electron chi connectivity index (χ4n) is 2.20. The number of carbonyl (C=O) groups excluding carboxylic acids is 2. The number of benzene rings is 2. The van der Waals surface area contributed by atoms with Gasteiger partial charge in [-0.15, -0.1) is 0 Å². The first-order chi connectivity index (χ1) is 11.4. The summed E-state index contributed by atoms with van der Waals surface area (Å²) in [6, 6.07) is 12.4. The van der Waals surface area contributed by atoms with Gasteiger partial charge in [0.05, 0.1) is 12.8 Å². The van der Waals surface area contributed by atoms with Crippen LogP contribution in [0.1, 0.15) is 17.3 Å². The summed E-state index contributed by atoms with van der Waals surface area (Å²) < 4.78 is 5.20. The van der Waals surface area contributed by atoms with Crippen LogP contribution in [0.15, 0.2) is 42.5 Å². The van der Waals surface area contributed by atoms with Gasteiger partial charge in [-0.05, 0) is 36.4 Å². The quantitative estimate of drug-likeness (QED) is 0.886. The molecule has 0 aliphatic rings. The fourth-order valence-corrected chi connectivity index (χ4v) is 2.20. The summed E-state index contributed by atoms with van der Waals surface area (Å²) in [6.45, 7) is 1.41. The van der Waals surface area contributed by atoms with Crippen LogP contribution in [0.4, 0.5) is 17.1 Å². The molecule has 0 atom stereocenters. The van der Waals surface area contributed by atoms with E-state index in [4.69, 9.17) is 4.74 Å². The number of nitrogens with one attached hydrogen (secondary N) is 2. The largest absolute Gasteiger partial charge is 0.495 e. The first-order valence-corrected chi connectivity index (χ1v) is 7.45. The SMILES string of the molecule is COc1ccc(NC(=O)c2cccc(N(C)C)c2)cc1NC(C)=O. The molecule has 0 spiro atoms. The number of hydrogen-bond acceptors (Lipinski definition) is 4. The van der Waals surface area contributed by atoms with Gasteiger partial charge in [0.1, 0.15) is 5.75 Å². The van der Waals surface area contributed by atoms with Crippen LogP contribution in [0.25, 0.3) is 0 Å². The minimum absolute atomic E-state index is 0.213. The third-order valence-electron chi connectivity index (χ3n) is 3.39. The van der Waals surface area contributed by atoms with Gasteiger partial charge in [-0.2, -0.15) is 0 Å². The third kappa shape index (κ3) is 4.25. The lowest BCUT2D eigenvalue weighted by Gasteiger charge is -2.14. The van der Waals surface area contributed by atoms with E-state index in [9.17, 15) is 9.59 Å². The molecule has 2 rings (SSSR count). The summed E-state index contributed by atoms with van der Waals surface area (Å²) in [6.07, 6.45) is 0. The first-order valence-electron chi connectivity index (χ1n) is 7.45. The van der Waals surface area contributed by atoms with E-state index in [2.05, 4.69) is 10.6 Å². The van der Waals surface area contributed by atoms with Gasteiger partial charge in [-0.25, -0.2) is 0 Å². The zero-order valence-corrected chi connectivity index (χ0v) is 14.2. The van der Waals surface area contributed by atoms with Crippen molar-refractivity contribution in [3.05, 3.63) is 48.0 Å². The van der Waals surface area contributed by atoms with E-state index in [0.29, 0.717) is 22.7 Å². The third-order valence-corrected chi connectivity index (χ3v) is 3.39. The van der Waals surface area contributed by atoms with E-state index >= 15 is 0 Å². The molecule has 6 nitrogen and oxygen atoms in total. The van der Waals surface area contributed by atoms with Gasteiger partial charge in [-0.3, -0.25) is 9.59 Å². The highest BCUT2D eigenvalue weighted by Crippen LogP contribution is 2.28. The van der Waals surface area contributed by atoms with Crippen LogP contribution in [0.2, 0.25) is 0 Å². The molecule has 6 heteroatoms. The van der Waals surface area contributed by atoms with Gasteiger partial charge in [0.25, 0.3) is 5.91 Å². The molecule has 126 valence electrons. The minimum Gasteiger partial charge on any atom is -0.495 e. The van der Waals surface area contributed by atoms with Crippen molar-refractivity contribution >= 4 is 28.9 Å². The summed E-state index contributed by atoms with van der Waals surface area (Å²) >= 11 is 0. The molecule has 24 heavy (non-hydrogen) atoms. The number of nitrogens with zero attached hydrogens (tertiary/aromatic N) is 1. The van der Waals surface area contributed by atoms with Crippen molar-refractivity contribution in [1.29, 1.82) is 0 Å². The lowest BCUT2D eigenvalue weighted by atomic mass is 10.1. The van der Waals surface area contributed by atoms with Crippen molar-refractivity contribution in [3.8, 4) is 5.75 Å². The van der Waals surface area contributed by atoms with E-state index in [-0.39, 0.29) is 11.8 Å². The van der Waals surface area contributed by atoms with E-state index in [1.165, 1.54) is 14.0 Å². The van der Waals surface area contributed by atoms with Crippen LogP contribution in [0.5, 0.6) is 5.75 Å². The van der Waals surface area contributed by atoms with Gasteiger partial charge in [0, 0.05) is 38.0 Å². The highest BCUT2D eigenvalue weighted by atomic mass is 16.5. The average molecular weight is 327 g/mol. The van der Waals surface area contributed by atoms with Crippen molar-refractivity contribution in [2.24, 2.45) is 0 Å². The topological polar surface area (TPSA) is 70.7 Å². The second-order valence-corrected chi connectivity index (χ2v) is 5.50. The lowest BCUT2D eigenvalue weighted by molar-refractivity contribution is -0.114. The van der Waals surface area contributed by atoms with E-state index in [1.54, 1.807) is 24.3 Å². The fraction of sp³-hybridized carbons (Fsp3) is 0.222. The van der Waals surface area contributed by atoms with Gasteiger partial charge in [0.2, 0.25) is 5.91 Å². The highest BCUT2D eigenvalue weighted by Gasteiger charge is 2.10. The van der Waals surface area contributed by atoms with E-state index in [0.717, 1.165) is 5.69 Å². The molecule has 0 saturated heterocycles. The molecule has 2 aromatic rings. The average Bonchev–Trinajstić information content (AvgIpc) is 2.54. The van der Waals surface area contributed by atoms with Crippen molar-refractivity contribution in [3.63, 3.8) is 0 Å². The molecule has 2 amide bonds. The van der Waals surface area contributed by atoms with Crippen LogP contribution in [-0.4, -0.2) is 33.0 Å². The number of amides is 2. The lowest BCUT2D eigenvalue weighted by Crippen LogP contribution is -2.14. The van der Waals surface area contributed by atoms with Crippen LogP contribution in [-0.2, 0) is 4.79 Å². The number of rotatable bonds is 5. The first kappa shape index (κ1) is 17.3. The van der Waals surface area contributed by atoms with E-state index in [1.807, 2.05) is 37.2 Å². The molecule has 0 aliphatic heterocycles. The predicted octanol–water partition coefficient (Wildman–Crippen LogP) is 2.97. The molecule has 0 aromatic heterocycles. The molecule has 0 saturated carbocycles. The van der Waals surface area contributed by atoms with Gasteiger partial charge in [0.15, 0.2) is 0 Å². The molecule has 0 fully saturated rings. The van der Waals surface area contributed by atoms with Crippen LogP contribution < -0.4 is 20.3 Å². The molecular weight excluding hydrogens is 306 g/mol. The molecule has 2 aromatic carbocycles. The Morgan fingerprint density at radius 3 is 2.42 bits per heavy atom. The highest BCUT2D eigenvalue weighted by molar-refractivity contribution is 6.05. The van der Waals surface area contributed by atoms with Crippen molar-refractivity contribution < 1.29 is 14.3 Å². The molecule has 0 heterocycles. The molecular formula is C18H21N3O3. The summed E-state index contributed by atoms with van der Waals surface area (Å²) in [5.41, 5.74) is 2.57. The smallest absolute Gasteiger partial charge is 0.255 e. The Balaban J connectivity index is 2.22. The molecule has 0 unspecified atom stereocenters. The van der Waals surface area contributed by atoms with Crippen molar-refractivity contribution in [1.82, 2.24) is 0 Å². The monoisotopic (exact) mass is 327 g/mol. The Kier molecular flexibility index (Phi) is 5.42. The second kappa shape index (κ2) is 7.50. The Hall–Kier alpha value is -3.02. The zero-order chi connectivity index (χ0) is 17.7. The van der Waals surface area contributed by atoms with Crippen LogP contribution >= 0.6 is 0 Å². The Labute approximate surface area is 141 Å². The maximum absolute atomic E-state index is 12.4. The van der Waals surface area contributed by atoms with Gasteiger partial charge in [-0.1, -0.05) is 6.07 Å². The zero-order valence-electron chi connectivity index (χ0n) is 14.2. The Bertz CT molecular complexity index is 757. The molecule has 0 bridgehead atoms. The maximum atomic E-state index is 12.4. The normalized spacial score (nSPS) is 10.0. The molecule has 2 N–H and O–H groups in total. The Morgan fingerprint density at radius 2 is 1.79 bits per heavy atom. The standard InChI is InChI=1S/C18H21N3O3/c1-12(22)19-16-11-14(8-9-17(16)24-4)20-18(23)13-6-5-7-15(10-13)21(2)3/h5-11H,1-4H3,(H,19,22)(H,20,23). The number of carbonyl (C=O) groups is 2. The summed E-state index contributed by atoms with van der Waals surface area (Å²) in [7, 11) is 5.35. The number of anilines is 3. The Morgan fingerprint density at radius 1 is 1.04 bits per heavy atom. The number of hydrogen-bond donors (Lipinski definition) is 2. The van der Waals surface area contributed by atoms with Gasteiger partial charge < -0.3 is 20.3 Å². The predicted molar refractivity (Wildman–Crippen MR) is 96.0 cm³/mol. The van der Waals surface area contributed by atoms with E-state index < -0.39 is 0 Å². The summed E-state index contributed by atoms with van der Waals surface area (Å²) in [5.74, 6) is 0.0888. The van der Waals surface area contributed by atoms with Crippen LogP contribution in [0, 0.1) is 0 Å². The number of ether oxygens (including phenoxy) is 1.